The van der Waals surface area contributed by atoms with E-state index >= 15 is 0 Å². The van der Waals surface area contributed by atoms with E-state index < -0.39 is 17.1 Å². The minimum Gasteiger partial charge on any atom is -0.393 e. The number of fused-ring (bicyclic) bond motifs is 9. The fourth-order valence-corrected chi connectivity index (χ4v) is 11.0. The molecule has 5 nitrogen and oxygen atoms in total. The lowest BCUT2D eigenvalue weighted by Gasteiger charge is -2.48. The highest BCUT2D eigenvalue weighted by molar-refractivity contribution is 7.21. The molecule has 1 aliphatic heterocycles. The zero-order chi connectivity index (χ0) is 38.2. The molecular formula is C48H53ClN2O3S. The van der Waals surface area contributed by atoms with Gasteiger partial charge < -0.3 is 10.2 Å². The number of benzene rings is 4. The Morgan fingerprint density at radius 3 is 2.38 bits per heavy atom. The van der Waals surface area contributed by atoms with Crippen molar-refractivity contribution in [2.24, 2.45) is 5.41 Å². The van der Waals surface area contributed by atoms with E-state index in [9.17, 15) is 15.0 Å². The van der Waals surface area contributed by atoms with E-state index in [4.69, 9.17) is 11.6 Å². The summed E-state index contributed by atoms with van der Waals surface area (Å²) in [7, 11) is 0. The molecule has 5 atom stereocenters. The van der Waals surface area contributed by atoms with Crippen LogP contribution in [0, 0.1) is 5.41 Å². The van der Waals surface area contributed by atoms with Crippen LogP contribution >= 0.6 is 22.9 Å². The second-order valence-corrected chi connectivity index (χ2v) is 18.1. The van der Waals surface area contributed by atoms with E-state index in [1.165, 1.54) is 16.7 Å². The number of carbonyl (C=O) groups excluding carboxylic acids is 1. The summed E-state index contributed by atoms with van der Waals surface area (Å²) < 4.78 is 1.10. The molecule has 0 spiro atoms. The van der Waals surface area contributed by atoms with Crippen LogP contribution in [0.15, 0.2) is 115 Å². The van der Waals surface area contributed by atoms with Gasteiger partial charge >= 0.3 is 0 Å². The molecule has 1 saturated carbocycles. The SMILES string of the molecule is CC1=CCCC2(C)C(CCC2(O)CN2CCN(C(c3ccccc3)c3ccc(Cl)cc3)CC2)c2ccc(cc2C(=O)c2cc3ccccc3s2)CC(O)CC1. The maximum absolute atomic E-state index is 14.6. The van der Waals surface area contributed by atoms with Crippen molar-refractivity contribution in [3.63, 3.8) is 0 Å². The number of rotatable bonds is 7. The molecule has 7 heteroatoms. The van der Waals surface area contributed by atoms with Crippen LogP contribution in [-0.4, -0.2) is 70.2 Å². The van der Waals surface area contributed by atoms with Crippen molar-refractivity contribution in [2.45, 2.75) is 82.5 Å². The predicted molar refractivity (Wildman–Crippen MR) is 226 cm³/mol. The molecule has 286 valence electrons. The standard InChI is InChI=1S/C48H53ClN2O3S/c1-33-9-8-23-47(2)42(40-21-15-34(29-39(52)20-14-33)30-41(40)46(53)44-31-37-12-6-7-13-43(37)55-44)22-24-48(47,54)32-50-25-27-51(28-26-50)45(35-10-4-3-5-11-35)36-16-18-38(49)19-17-36/h3-7,9-13,15-19,21,30-31,39,42,45,52,54H,8,14,20,22-29,32H2,1-2H3. The molecule has 2 bridgehead atoms. The zero-order valence-corrected chi connectivity index (χ0v) is 33.7. The third-order valence-corrected chi connectivity index (χ3v) is 14.5. The van der Waals surface area contributed by atoms with Gasteiger partial charge in [-0.2, -0.15) is 0 Å². The first-order chi connectivity index (χ1) is 26.6. The Morgan fingerprint density at radius 1 is 0.891 bits per heavy atom. The van der Waals surface area contributed by atoms with Crippen LogP contribution in [0.4, 0.5) is 0 Å². The second kappa shape index (κ2) is 16.1. The Labute approximate surface area is 335 Å². The maximum atomic E-state index is 14.6. The Bertz CT molecular complexity index is 2120. The van der Waals surface area contributed by atoms with Gasteiger partial charge in [0.25, 0.3) is 0 Å². The van der Waals surface area contributed by atoms with Crippen LogP contribution in [0.25, 0.3) is 10.1 Å². The van der Waals surface area contributed by atoms with Crippen LogP contribution in [0.1, 0.15) is 102 Å². The van der Waals surface area contributed by atoms with E-state index in [1.54, 1.807) is 11.3 Å². The maximum Gasteiger partial charge on any atom is 0.203 e. The topological polar surface area (TPSA) is 64.0 Å². The third-order valence-electron chi connectivity index (χ3n) is 13.1. The van der Waals surface area contributed by atoms with Gasteiger partial charge in [-0.1, -0.05) is 103 Å². The molecule has 4 aliphatic rings. The van der Waals surface area contributed by atoms with Gasteiger partial charge in [0, 0.05) is 53.4 Å². The number of allylic oxidation sites excluding steroid dienone is 2. The Hall–Kier alpha value is -3.62. The normalized spacial score (nSPS) is 26.0. The van der Waals surface area contributed by atoms with Crippen molar-refractivity contribution >= 4 is 38.8 Å². The number of hydrogen-bond acceptors (Lipinski definition) is 6. The van der Waals surface area contributed by atoms with E-state index in [0.29, 0.717) is 25.8 Å². The van der Waals surface area contributed by atoms with Gasteiger partial charge in [0.05, 0.1) is 22.6 Å². The van der Waals surface area contributed by atoms with Crippen molar-refractivity contribution in [2.75, 3.05) is 32.7 Å². The number of thiophene rings is 1. The van der Waals surface area contributed by atoms with Crippen LogP contribution in [-0.2, 0) is 6.42 Å². The number of ketones is 1. The number of nitrogens with zero attached hydrogens (tertiary/aromatic N) is 2. The van der Waals surface area contributed by atoms with Crippen LogP contribution in [0.2, 0.25) is 5.02 Å². The molecule has 2 fully saturated rings. The number of carbonyl (C=O) groups is 1. The second-order valence-electron chi connectivity index (χ2n) is 16.6. The summed E-state index contributed by atoms with van der Waals surface area (Å²) in [5.41, 5.74) is 5.15. The smallest absolute Gasteiger partial charge is 0.203 e. The van der Waals surface area contributed by atoms with Gasteiger partial charge in [-0.15, -0.1) is 11.3 Å². The largest absolute Gasteiger partial charge is 0.393 e. The first-order valence-electron chi connectivity index (χ1n) is 20.1. The monoisotopic (exact) mass is 772 g/mol. The lowest BCUT2D eigenvalue weighted by Crippen LogP contribution is -2.56. The Kier molecular flexibility index (Phi) is 11.2. The molecule has 5 aromatic rings. The van der Waals surface area contributed by atoms with Crippen LogP contribution in [0.3, 0.4) is 0 Å². The minimum atomic E-state index is -0.930. The van der Waals surface area contributed by atoms with Crippen molar-refractivity contribution < 1.29 is 15.0 Å². The van der Waals surface area contributed by atoms with E-state index in [-0.39, 0.29) is 17.7 Å². The van der Waals surface area contributed by atoms with E-state index in [1.807, 2.05) is 30.3 Å². The Balaban J connectivity index is 1.09. The van der Waals surface area contributed by atoms with Gasteiger partial charge in [-0.05, 0) is 116 Å². The van der Waals surface area contributed by atoms with Crippen molar-refractivity contribution in [3.05, 3.63) is 152 Å². The third kappa shape index (κ3) is 7.87. The summed E-state index contributed by atoms with van der Waals surface area (Å²) >= 11 is 7.85. The highest BCUT2D eigenvalue weighted by atomic mass is 35.5. The summed E-state index contributed by atoms with van der Waals surface area (Å²) in [4.78, 5) is 20.4. The van der Waals surface area contributed by atoms with Gasteiger partial charge in [-0.3, -0.25) is 14.6 Å². The number of aliphatic hydroxyl groups is 2. The van der Waals surface area contributed by atoms with E-state index in [2.05, 4.69) is 103 Å². The number of β-amino-alcohol motifs (C(OH)–C–C–N with tert-alkyl or cyclic N) is 1. The molecule has 55 heavy (non-hydrogen) atoms. The summed E-state index contributed by atoms with van der Waals surface area (Å²) in [5, 5.41) is 25.9. The lowest BCUT2D eigenvalue weighted by molar-refractivity contribution is -0.0894. The number of piperazine rings is 1. The average Bonchev–Trinajstić information content (AvgIpc) is 3.74. The molecule has 1 aromatic heterocycles. The molecule has 2 heterocycles. The highest BCUT2D eigenvalue weighted by Gasteiger charge is 2.57. The number of hydrogen-bond donors (Lipinski definition) is 2. The quantitative estimate of drug-likeness (QED) is 0.127. The summed E-state index contributed by atoms with van der Waals surface area (Å²) in [6, 6.07) is 35.7. The van der Waals surface area contributed by atoms with Crippen LogP contribution < -0.4 is 0 Å². The summed E-state index contributed by atoms with van der Waals surface area (Å²) in [6.45, 7) is 8.59. The molecule has 1 saturated heterocycles. The lowest BCUT2D eigenvalue weighted by atomic mass is 9.64. The molecule has 4 aromatic carbocycles. The van der Waals surface area contributed by atoms with Crippen LogP contribution in [0.5, 0.6) is 0 Å². The molecule has 2 N–H and O–H groups in total. The van der Waals surface area contributed by atoms with Gasteiger partial charge in [-0.25, -0.2) is 0 Å². The van der Waals surface area contributed by atoms with E-state index in [0.717, 1.165) is 88.5 Å². The number of aliphatic hydroxyl groups excluding tert-OH is 1. The molecule has 5 unspecified atom stereocenters. The van der Waals surface area contributed by atoms with Gasteiger partial charge in [0.1, 0.15) is 0 Å². The Morgan fingerprint density at radius 2 is 1.62 bits per heavy atom. The molecular weight excluding hydrogens is 720 g/mol. The number of halogens is 1. The fourth-order valence-electron chi connectivity index (χ4n) is 9.87. The first kappa shape index (κ1) is 38.3. The zero-order valence-electron chi connectivity index (χ0n) is 32.1. The molecule has 0 amide bonds. The average molecular weight is 773 g/mol. The van der Waals surface area contributed by atoms with Gasteiger partial charge in [0.15, 0.2) is 0 Å². The molecule has 0 radical (unpaired) electrons. The van der Waals surface area contributed by atoms with Crippen molar-refractivity contribution in [3.8, 4) is 0 Å². The summed E-state index contributed by atoms with van der Waals surface area (Å²) in [6.07, 6.45) is 7.06. The summed E-state index contributed by atoms with van der Waals surface area (Å²) in [5.74, 6) is 0.0491. The molecule has 3 aliphatic carbocycles. The minimum absolute atomic E-state index is 0.00935. The van der Waals surface area contributed by atoms with Crippen molar-refractivity contribution in [1.29, 1.82) is 0 Å². The molecule has 9 rings (SSSR count). The first-order valence-corrected chi connectivity index (χ1v) is 21.3. The highest BCUT2D eigenvalue weighted by Crippen LogP contribution is 2.59. The fraction of sp³-hybridized carbons (Fsp3) is 0.396. The predicted octanol–water partition coefficient (Wildman–Crippen LogP) is 10.2. The van der Waals surface area contributed by atoms with Gasteiger partial charge in [0.2, 0.25) is 5.78 Å². The van der Waals surface area contributed by atoms with Crippen molar-refractivity contribution in [1.82, 2.24) is 9.80 Å².